The Morgan fingerprint density at radius 3 is 1.98 bits per heavy atom. The third kappa shape index (κ3) is 7.97. The number of para-hydroxylation sites is 3. The lowest BCUT2D eigenvalue weighted by Gasteiger charge is -2.27. The first kappa shape index (κ1) is 42.7. The number of ether oxygens (including phenoxy) is 1. The molecule has 5 nitrogen and oxygen atoms in total. The van der Waals surface area contributed by atoms with E-state index in [2.05, 4.69) is 240 Å². The van der Waals surface area contributed by atoms with Crippen LogP contribution in [0, 0.1) is 19.2 Å². The molecule has 328 valence electrons. The molecule has 3 heterocycles. The molecule has 7 aromatic carbocycles. The summed E-state index contributed by atoms with van der Waals surface area (Å²) in [4.78, 5) is 4.89. The van der Waals surface area contributed by atoms with Crippen LogP contribution in [0.1, 0.15) is 77.6 Å². The van der Waals surface area contributed by atoms with Crippen LogP contribution in [0.25, 0.3) is 72.3 Å². The number of aryl methyl sites for hydroxylation is 1. The molecule has 0 unspecified atom stereocenters. The Hall–Kier alpha value is -7.24. The molecule has 66 heavy (non-hydrogen) atoms. The van der Waals surface area contributed by atoms with Crippen LogP contribution in [0.15, 0.2) is 170 Å². The van der Waals surface area contributed by atoms with Gasteiger partial charge in [-0.15, -0.1) is 0 Å². The van der Waals surface area contributed by atoms with Gasteiger partial charge in [-0.2, -0.15) is 0 Å². The topological polar surface area (TPSA) is 35.9 Å². The molecule has 5 heteroatoms. The first-order valence-electron chi connectivity index (χ1n) is 23.3. The average molecular weight is 863 g/mol. The van der Waals surface area contributed by atoms with Gasteiger partial charge in [0.15, 0.2) is 0 Å². The molecule has 0 N–H and O–H groups in total. The number of rotatable bonds is 9. The largest absolute Gasteiger partial charge is 0.458 e. The number of aromatic nitrogens is 4. The summed E-state index contributed by atoms with van der Waals surface area (Å²) in [6, 6.07) is 58.9. The summed E-state index contributed by atoms with van der Waals surface area (Å²) in [6.45, 7) is 20.5. The van der Waals surface area contributed by atoms with Crippen molar-refractivity contribution >= 4 is 32.8 Å². The Morgan fingerprint density at radius 1 is 0.591 bits per heavy atom. The van der Waals surface area contributed by atoms with E-state index >= 15 is 0 Å². The van der Waals surface area contributed by atoms with Crippen LogP contribution in [-0.4, -0.2) is 14.1 Å². The van der Waals surface area contributed by atoms with Gasteiger partial charge in [-0.05, 0) is 123 Å². The Bertz CT molecular complexity index is 3400. The molecule has 0 atom stereocenters. The average Bonchev–Trinajstić information content (AvgIpc) is 3.85. The van der Waals surface area contributed by atoms with Crippen LogP contribution in [0.2, 0.25) is 0 Å². The van der Waals surface area contributed by atoms with Gasteiger partial charge in [0, 0.05) is 23.0 Å². The minimum absolute atomic E-state index is 0.0350. The zero-order valence-corrected chi connectivity index (χ0v) is 39.6. The van der Waals surface area contributed by atoms with Gasteiger partial charge in [-0.3, -0.25) is 13.7 Å². The van der Waals surface area contributed by atoms with E-state index in [0.717, 1.165) is 84.8 Å². The fourth-order valence-corrected chi connectivity index (χ4v) is 9.46. The second-order valence-electron chi connectivity index (χ2n) is 20.3. The van der Waals surface area contributed by atoms with Gasteiger partial charge in [0.2, 0.25) is 0 Å². The fraction of sp³-hybridized carbons (Fsp3) is 0.213. The summed E-state index contributed by atoms with van der Waals surface area (Å²) in [5.41, 5.74) is 16.0. The highest BCUT2D eigenvalue weighted by molar-refractivity contribution is 6.09. The molecular weight excluding hydrogens is 805 g/mol. The van der Waals surface area contributed by atoms with Gasteiger partial charge in [0.05, 0.1) is 33.4 Å². The minimum atomic E-state index is -0.0350. The van der Waals surface area contributed by atoms with Crippen molar-refractivity contribution in [1.82, 2.24) is 14.1 Å². The normalized spacial score (nSPS) is 12.2. The van der Waals surface area contributed by atoms with Crippen molar-refractivity contribution in [3.8, 4) is 50.9 Å². The van der Waals surface area contributed by atoms with Crippen LogP contribution in [-0.2, 0) is 17.3 Å². The number of hydrogen-bond donors (Lipinski definition) is 0. The zero-order valence-electron chi connectivity index (χ0n) is 39.6. The maximum atomic E-state index is 6.80. The summed E-state index contributed by atoms with van der Waals surface area (Å²) < 4.78 is 13.6. The summed E-state index contributed by atoms with van der Waals surface area (Å²) in [6.07, 6.45) is 6.84. The fourth-order valence-electron chi connectivity index (χ4n) is 9.46. The quantitative estimate of drug-likeness (QED) is 0.107. The molecule has 0 aliphatic heterocycles. The predicted octanol–water partition coefficient (Wildman–Crippen LogP) is 15.4. The van der Waals surface area contributed by atoms with Crippen molar-refractivity contribution in [2.24, 2.45) is 5.92 Å². The van der Waals surface area contributed by atoms with Crippen LogP contribution in [0.3, 0.4) is 0 Å². The first-order valence-corrected chi connectivity index (χ1v) is 23.3. The molecule has 0 saturated heterocycles. The van der Waals surface area contributed by atoms with E-state index in [9.17, 15) is 0 Å². The van der Waals surface area contributed by atoms with E-state index in [0.29, 0.717) is 5.92 Å². The van der Waals surface area contributed by atoms with Gasteiger partial charge in [0.1, 0.15) is 17.3 Å². The van der Waals surface area contributed by atoms with Crippen molar-refractivity contribution < 1.29 is 9.30 Å². The number of hydrogen-bond acceptors (Lipinski definition) is 2. The van der Waals surface area contributed by atoms with Crippen molar-refractivity contribution in [1.29, 1.82) is 0 Å². The molecule has 0 bridgehead atoms. The smallest absolute Gasteiger partial charge is 0.269 e. The second-order valence-corrected chi connectivity index (χ2v) is 20.3. The Balaban J connectivity index is 1.12. The number of nitrogens with zero attached hydrogens (tertiary/aromatic N) is 4. The van der Waals surface area contributed by atoms with Gasteiger partial charge < -0.3 is 4.74 Å². The Kier molecular flexibility index (Phi) is 10.8. The van der Waals surface area contributed by atoms with Gasteiger partial charge in [-0.25, -0.2) is 4.98 Å². The van der Waals surface area contributed by atoms with Crippen LogP contribution >= 0.6 is 0 Å². The van der Waals surface area contributed by atoms with E-state index < -0.39 is 0 Å². The SMILES string of the molecule is Cc1cccc2c1[n+](-c1c(-c3ccccc3)cccc1-c1cc(C(C)(C)C)cc(C(C)(C)C)c1)[c-]n2-c1cccc(Oc2ccc3c4ccccc4n(-c4cc(CC(C)C)ccn4)c3c2)c1. The highest BCUT2D eigenvalue weighted by atomic mass is 16.5. The molecule has 10 rings (SSSR count). The second kappa shape index (κ2) is 16.6. The van der Waals surface area contributed by atoms with Gasteiger partial charge in [0.25, 0.3) is 6.33 Å². The van der Waals surface area contributed by atoms with E-state index in [1.165, 1.54) is 27.6 Å². The van der Waals surface area contributed by atoms with Crippen molar-refractivity contribution in [2.45, 2.75) is 79.6 Å². The lowest BCUT2D eigenvalue weighted by Crippen LogP contribution is -2.32. The van der Waals surface area contributed by atoms with E-state index in [4.69, 9.17) is 9.72 Å². The summed E-state index contributed by atoms with van der Waals surface area (Å²) in [5.74, 6) is 2.94. The summed E-state index contributed by atoms with van der Waals surface area (Å²) >= 11 is 0. The third-order valence-corrected chi connectivity index (χ3v) is 12.8. The molecule has 0 spiro atoms. The molecule has 0 amide bonds. The Morgan fingerprint density at radius 2 is 1.24 bits per heavy atom. The Labute approximate surface area is 389 Å². The molecule has 0 fully saturated rings. The van der Waals surface area contributed by atoms with E-state index in [1.807, 2.05) is 12.3 Å². The number of pyridine rings is 1. The van der Waals surface area contributed by atoms with E-state index in [-0.39, 0.29) is 10.8 Å². The van der Waals surface area contributed by atoms with Crippen molar-refractivity contribution in [3.05, 3.63) is 199 Å². The maximum Gasteiger partial charge on any atom is 0.269 e. The number of benzene rings is 7. The highest BCUT2D eigenvalue weighted by Crippen LogP contribution is 2.40. The molecule has 0 aliphatic carbocycles. The first-order chi connectivity index (χ1) is 31.7. The van der Waals surface area contributed by atoms with Gasteiger partial charge in [-0.1, -0.05) is 165 Å². The lowest BCUT2D eigenvalue weighted by molar-refractivity contribution is -0.571. The zero-order chi connectivity index (χ0) is 45.9. The predicted molar refractivity (Wildman–Crippen MR) is 274 cm³/mol. The number of imidazole rings is 1. The molecule has 3 aromatic heterocycles. The molecule has 0 radical (unpaired) electrons. The summed E-state index contributed by atoms with van der Waals surface area (Å²) in [7, 11) is 0. The number of fused-ring (bicyclic) bond motifs is 4. The lowest BCUT2D eigenvalue weighted by atomic mass is 9.78. The highest BCUT2D eigenvalue weighted by Gasteiger charge is 2.25. The van der Waals surface area contributed by atoms with E-state index in [1.54, 1.807) is 0 Å². The van der Waals surface area contributed by atoms with Crippen LogP contribution in [0.4, 0.5) is 0 Å². The molecular formula is C61H58N4O. The molecule has 0 saturated carbocycles. The minimum Gasteiger partial charge on any atom is -0.458 e. The summed E-state index contributed by atoms with van der Waals surface area (Å²) in [5, 5.41) is 2.34. The van der Waals surface area contributed by atoms with Crippen molar-refractivity contribution in [2.75, 3.05) is 0 Å². The third-order valence-electron chi connectivity index (χ3n) is 12.8. The van der Waals surface area contributed by atoms with Crippen LogP contribution in [0.5, 0.6) is 11.5 Å². The maximum absolute atomic E-state index is 6.80. The molecule has 0 aliphatic rings. The van der Waals surface area contributed by atoms with Crippen molar-refractivity contribution in [3.63, 3.8) is 0 Å². The van der Waals surface area contributed by atoms with Crippen LogP contribution < -0.4 is 9.30 Å². The monoisotopic (exact) mass is 862 g/mol. The van der Waals surface area contributed by atoms with Gasteiger partial charge >= 0.3 is 0 Å². The standard InChI is InChI=1S/C61H58N4O/c1-40(2)32-42-30-31-62-57(33-42)65-54-26-14-13-23-52(54)53-29-28-49(38-56(53)65)66-48-22-16-21-47(37-48)63-39-64(58-41(3)18-15-27-55(58)63)59-50(43-19-11-10-12-20-43)24-17-25-51(59)44-34-45(60(4,5)6)36-46(35-44)61(7,8)9/h10-31,33-38,40H,32H2,1-9H3. The molecule has 10 aromatic rings.